The molecule has 1 fully saturated rings. The van der Waals surface area contributed by atoms with Crippen molar-refractivity contribution in [2.75, 3.05) is 25.0 Å². The average molecular weight is 324 g/mol. The summed E-state index contributed by atoms with van der Waals surface area (Å²) in [5, 5.41) is 6.50. The third-order valence-electron chi connectivity index (χ3n) is 3.44. The standard InChI is InChI=1S/C15H14F2N2O2S/c16-12-2-1-10(7-13(12)17)14-8-19(4-5-21-14)15(20)18-11-3-6-22-9-11/h1-3,6-7,9,14H,4-5,8H2,(H,18,20)/t14-/m0/s1. The normalized spacial score (nSPS) is 18.3. The van der Waals surface area contributed by atoms with E-state index in [1.807, 2.05) is 16.8 Å². The summed E-state index contributed by atoms with van der Waals surface area (Å²) in [6.07, 6.45) is -0.461. The first-order valence-corrected chi connectivity index (χ1v) is 7.72. The van der Waals surface area contributed by atoms with Crippen LogP contribution in [0.3, 0.4) is 0 Å². The molecular formula is C15H14F2N2O2S. The highest BCUT2D eigenvalue weighted by Gasteiger charge is 2.26. The van der Waals surface area contributed by atoms with E-state index in [0.717, 1.165) is 17.8 Å². The Morgan fingerprint density at radius 3 is 2.91 bits per heavy atom. The molecule has 1 N–H and O–H groups in total. The van der Waals surface area contributed by atoms with Gasteiger partial charge in [-0.15, -0.1) is 0 Å². The highest BCUT2D eigenvalue weighted by molar-refractivity contribution is 7.08. The Hall–Kier alpha value is -1.99. The third kappa shape index (κ3) is 3.26. The summed E-state index contributed by atoms with van der Waals surface area (Å²) < 4.78 is 31.9. The third-order valence-corrected chi connectivity index (χ3v) is 4.12. The zero-order valence-corrected chi connectivity index (χ0v) is 12.4. The van der Waals surface area contributed by atoms with Crippen molar-refractivity contribution in [2.24, 2.45) is 0 Å². The molecule has 2 amide bonds. The first-order chi connectivity index (χ1) is 10.6. The van der Waals surface area contributed by atoms with Gasteiger partial charge in [0, 0.05) is 11.9 Å². The molecule has 1 aromatic carbocycles. The van der Waals surface area contributed by atoms with E-state index < -0.39 is 17.7 Å². The zero-order chi connectivity index (χ0) is 15.5. The van der Waals surface area contributed by atoms with Gasteiger partial charge in [-0.2, -0.15) is 11.3 Å². The lowest BCUT2D eigenvalue weighted by molar-refractivity contribution is -0.0136. The van der Waals surface area contributed by atoms with Gasteiger partial charge >= 0.3 is 6.03 Å². The van der Waals surface area contributed by atoms with Crippen molar-refractivity contribution in [3.05, 3.63) is 52.2 Å². The molecule has 0 bridgehead atoms. The topological polar surface area (TPSA) is 41.6 Å². The predicted molar refractivity (Wildman–Crippen MR) is 80.0 cm³/mol. The summed E-state index contributed by atoms with van der Waals surface area (Å²) in [5.74, 6) is -1.81. The zero-order valence-electron chi connectivity index (χ0n) is 11.6. The van der Waals surface area contributed by atoms with Crippen LogP contribution in [0, 0.1) is 11.6 Å². The number of halogens is 2. The number of hydrogen-bond acceptors (Lipinski definition) is 3. The number of benzene rings is 1. The van der Waals surface area contributed by atoms with Crippen LogP contribution in [0.5, 0.6) is 0 Å². The Bertz CT molecular complexity index is 664. The van der Waals surface area contributed by atoms with Crippen molar-refractivity contribution < 1.29 is 18.3 Å². The van der Waals surface area contributed by atoms with Crippen molar-refractivity contribution in [2.45, 2.75) is 6.10 Å². The van der Waals surface area contributed by atoms with Gasteiger partial charge in [0.2, 0.25) is 0 Å². The number of anilines is 1. The lowest BCUT2D eigenvalue weighted by atomic mass is 10.1. The first-order valence-electron chi connectivity index (χ1n) is 6.78. The molecule has 0 saturated carbocycles. The molecule has 22 heavy (non-hydrogen) atoms. The highest BCUT2D eigenvalue weighted by atomic mass is 32.1. The largest absolute Gasteiger partial charge is 0.370 e. The van der Waals surface area contributed by atoms with Crippen molar-refractivity contribution in [1.82, 2.24) is 4.90 Å². The van der Waals surface area contributed by atoms with Gasteiger partial charge in [-0.05, 0) is 29.1 Å². The molecule has 1 aliphatic heterocycles. The van der Waals surface area contributed by atoms with Gasteiger partial charge in [-0.3, -0.25) is 0 Å². The van der Waals surface area contributed by atoms with E-state index in [2.05, 4.69) is 5.32 Å². The van der Waals surface area contributed by atoms with E-state index in [9.17, 15) is 13.6 Å². The summed E-state index contributed by atoms with van der Waals surface area (Å²) in [5.41, 5.74) is 1.26. The molecule has 116 valence electrons. The highest BCUT2D eigenvalue weighted by Crippen LogP contribution is 2.24. The summed E-state index contributed by atoms with van der Waals surface area (Å²) in [6, 6.07) is 5.24. The number of urea groups is 1. The Morgan fingerprint density at radius 2 is 2.18 bits per heavy atom. The fourth-order valence-electron chi connectivity index (χ4n) is 2.29. The molecule has 1 atom stereocenters. The molecule has 7 heteroatoms. The van der Waals surface area contributed by atoms with Crippen molar-refractivity contribution in [3.63, 3.8) is 0 Å². The number of morpholine rings is 1. The van der Waals surface area contributed by atoms with Crippen molar-refractivity contribution in [1.29, 1.82) is 0 Å². The van der Waals surface area contributed by atoms with E-state index in [0.29, 0.717) is 25.3 Å². The van der Waals surface area contributed by atoms with Gasteiger partial charge in [-0.1, -0.05) is 6.07 Å². The van der Waals surface area contributed by atoms with E-state index in [-0.39, 0.29) is 6.03 Å². The average Bonchev–Trinajstić information content (AvgIpc) is 3.03. The number of nitrogens with one attached hydrogen (secondary N) is 1. The minimum atomic E-state index is -0.916. The summed E-state index contributed by atoms with van der Waals surface area (Å²) in [4.78, 5) is 13.8. The molecule has 1 aliphatic rings. The van der Waals surface area contributed by atoms with Gasteiger partial charge in [0.25, 0.3) is 0 Å². The molecule has 2 aromatic rings. The molecule has 0 aliphatic carbocycles. The van der Waals surface area contributed by atoms with Crippen LogP contribution in [0.2, 0.25) is 0 Å². The number of nitrogens with zero attached hydrogens (tertiary/aromatic N) is 1. The van der Waals surface area contributed by atoms with Crippen LogP contribution in [0.15, 0.2) is 35.0 Å². The van der Waals surface area contributed by atoms with E-state index in [1.54, 1.807) is 4.90 Å². The van der Waals surface area contributed by atoms with E-state index in [4.69, 9.17) is 4.74 Å². The molecule has 3 rings (SSSR count). The molecule has 1 saturated heterocycles. The van der Waals surface area contributed by atoms with Crippen LogP contribution in [-0.4, -0.2) is 30.6 Å². The lowest BCUT2D eigenvalue weighted by Gasteiger charge is -2.33. The predicted octanol–water partition coefficient (Wildman–Crippen LogP) is 3.63. The molecule has 1 aromatic heterocycles. The second-order valence-corrected chi connectivity index (χ2v) is 5.70. The Labute approximate surface area is 130 Å². The maximum atomic E-state index is 13.3. The van der Waals surface area contributed by atoms with Crippen LogP contribution in [-0.2, 0) is 4.74 Å². The number of amides is 2. The molecule has 0 spiro atoms. The molecule has 0 radical (unpaired) electrons. The summed E-state index contributed by atoms with van der Waals surface area (Å²) in [6.45, 7) is 1.10. The fraction of sp³-hybridized carbons (Fsp3) is 0.267. The van der Waals surface area contributed by atoms with Crippen molar-refractivity contribution in [3.8, 4) is 0 Å². The minimum Gasteiger partial charge on any atom is -0.370 e. The first kappa shape index (κ1) is 14.9. The van der Waals surface area contributed by atoms with Gasteiger partial charge in [0.05, 0.1) is 18.8 Å². The second-order valence-electron chi connectivity index (χ2n) is 4.92. The summed E-state index contributed by atoms with van der Waals surface area (Å²) in [7, 11) is 0. The fourth-order valence-corrected chi connectivity index (χ4v) is 2.87. The maximum absolute atomic E-state index is 13.3. The smallest absolute Gasteiger partial charge is 0.322 e. The Morgan fingerprint density at radius 1 is 1.32 bits per heavy atom. The van der Waals surface area contributed by atoms with Crippen LogP contribution < -0.4 is 5.32 Å². The van der Waals surface area contributed by atoms with Crippen LogP contribution in [0.1, 0.15) is 11.7 Å². The Balaban J connectivity index is 1.68. The van der Waals surface area contributed by atoms with Gasteiger partial charge in [0.15, 0.2) is 11.6 Å². The van der Waals surface area contributed by atoms with Crippen LogP contribution in [0.25, 0.3) is 0 Å². The van der Waals surface area contributed by atoms with Gasteiger partial charge in [0.1, 0.15) is 6.10 Å². The van der Waals surface area contributed by atoms with E-state index in [1.165, 1.54) is 17.4 Å². The van der Waals surface area contributed by atoms with Crippen LogP contribution >= 0.6 is 11.3 Å². The molecule has 0 unspecified atom stereocenters. The molecule has 4 nitrogen and oxygen atoms in total. The quantitative estimate of drug-likeness (QED) is 0.916. The minimum absolute atomic E-state index is 0.228. The number of carbonyl (C=O) groups excluding carboxylic acids is 1. The maximum Gasteiger partial charge on any atom is 0.322 e. The van der Waals surface area contributed by atoms with Gasteiger partial charge in [-0.25, -0.2) is 13.6 Å². The number of carbonyl (C=O) groups is 1. The number of rotatable bonds is 2. The number of ether oxygens (including phenoxy) is 1. The lowest BCUT2D eigenvalue weighted by Crippen LogP contribution is -2.44. The van der Waals surface area contributed by atoms with Gasteiger partial charge < -0.3 is 15.0 Å². The Kier molecular flexibility index (Phi) is 4.35. The summed E-state index contributed by atoms with van der Waals surface area (Å²) >= 11 is 1.49. The monoisotopic (exact) mass is 324 g/mol. The van der Waals surface area contributed by atoms with Crippen LogP contribution in [0.4, 0.5) is 19.3 Å². The van der Waals surface area contributed by atoms with Crippen molar-refractivity contribution >= 4 is 23.1 Å². The van der Waals surface area contributed by atoms with E-state index >= 15 is 0 Å². The molecular weight excluding hydrogens is 310 g/mol. The number of thiophene rings is 1. The SMILES string of the molecule is O=C(Nc1ccsc1)N1CCO[C@H](c2ccc(F)c(F)c2)C1. The molecule has 2 heterocycles. The second kappa shape index (κ2) is 6.41. The number of hydrogen-bond donors (Lipinski definition) is 1.